The Labute approximate surface area is 186 Å². The Bertz CT molecular complexity index is 1190. The standard InChI is InChI=1S/C26H26INO/c1-17-14-15-23(18(2)16-17)28(27)24-13-7-12-22-21-11-6-10-20(25(21)29-26(22)24)19-8-4-3-5-9-19/h6-7,10-16,19H,3-5,8-9H2,1-2H3. The summed E-state index contributed by atoms with van der Waals surface area (Å²) in [5.41, 5.74) is 8.35. The van der Waals surface area contributed by atoms with Crippen LogP contribution >= 0.6 is 22.9 Å². The Morgan fingerprint density at radius 3 is 2.31 bits per heavy atom. The van der Waals surface area contributed by atoms with Crippen molar-refractivity contribution in [1.82, 2.24) is 0 Å². The molecule has 0 atom stereocenters. The summed E-state index contributed by atoms with van der Waals surface area (Å²) < 4.78 is 8.86. The number of fused-ring (bicyclic) bond motifs is 3. The molecule has 1 fully saturated rings. The Balaban J connectivity index is 1.67. The van der Waals surface area contributed by atoms with Crippen LogP contribution in [0.2, 0.25) is 0 Å². The first kappa shape index (κ1) is 19.0. The highest BCUT2D eigenvalue weighted by atomic mass is 127. The monoisotopic (exact) mass is 495 g/mol. The number of hydrogen-bond acceptors (Lipinski definition) is 2. The van der Waals surface area contributed by atoms with Gasteiger partial charge < -0.3 is 4.42 Å². The van der Waals surface area contributed by atoms with Crippen molar-refractivity contribution in [2.45, 2.75) is 51.9 Å². The highest BCUT2D eigenvalue weighted by molar-refractivity contribution is 14.1. The summed E-state index contributed by atoms with van der Waals surface area (Å²) in [4.78, 5) is 0. The van der Waals surface area contributed by atoms with Crippen molar-refractivity contribution in [3.8, 4) is 0 Å². The molecule has 0 unspecified atom stereocenters. The molecule has 3 aromatic carbocycles. The van der Waals surface area contributed by atoms with Gasteiger partial charge in [-0.2, -0.15) is 0 Å². The summed E-state index contributed by atoms with van der Waals surface area (Å²) in [7, 11) is 0. The first-order chi connectivity index (χ1) is 14.1. The molecular formula is C26H26INO. The van der Waals surface area contributed by atoms with Crippen LogP contribution in [0.25, 0.3) is 21.9 Å². The quantitative estimate of drug-likeness (QED) is 0.209. The minimum absolute atomic E-state index is 0.631. The van der Waals surface area contributed by atoms with Crippen LogP contribution in [0.5, 0.6) is 0 Å². The average Bonchev–Trinajstić information content (AvgIpc) is 3.13. The molecule has 1 aliphatic carbocycles. The van der Waals surface area contributed by atoms with Crippen molar-refractivity contribution < 1.29 is 4.42 Å². The third-order valence-corrected chi connectivity index (χ3v) is 7.39. The molecule has 1 heterocycles. The van der Waals surface area contributed by atoms with Gasteiger partial charge in [-0.05, 0) is 55.9 Å². The van der Waals surface area contributed by atoms with Crippen LogP contribution in [0.15, 0.2) is 59.0 Å². The summed E-state index contributed by atoms with van der Waals surface area (Å²) in [6.45, 7) is 4.31. The maximum atomic E-state index is 6.63. The van der Waals surface area contributed by atoms with E-state index in [1.165, 1.54) is 65.3 Å². The first-order valence-electron chi connectivity index (χ1n) is 10.6. The molecule has 0 radical (unpaired) electrons. The van der Waals surface area contributed by atoms with Crippen LogP contribution in [0.3, 0.4) is 0 Å². The van der Waals surface area contributed by atoms with Gasteiger partial charge in [0.1, 0.15) is 5.58 Å². The van der Waals surface area contributed by atoms with E-state index < -0.39 is 0 Å². The fourth-order valence-electron chi connectivity index (χ4n) is 4.87. The lowest BCUT2D eigenvalue weighted by Crippen LogP contribution is -2.04. The maximum Gasteiger partial charge on any atom is 0.159 e. The first-order valence-corrected chi connectivity index (χ1v) is 11.6. The third-order valence-electron chi connectivity index (χ3n) is 6.35. The predicted molar refractivity (Wildman–Crippen MR) is 132 cm³/mol. The smallest absolute Gasteiger partial charge is 0.159 e. The highest BCUT2D eigenvalue weighted by Gasteiger charge is 2.22. The van der Waals surface area contributed by atoms with Gasteiger partial charge >= 0.3 is 0 Å². The molecule has 0 N–H and O–H groups in total. The van der Waals surface area contributed by atoms with Crippen LogP contribution < -0.4 is 3.11 Å². The van der Waals surface area contributed by atoms with Gasteiger partial charge in [0.25, 0.3) is 0 Å². The summed E-state index contributed by atoms with van der Waals surface area (Å²) in [5.74, 6) is 0.631. The third kappa shape index (κ3) is 3.33. The van der Waals surface area contributed by atoms with E-state index in [-0.39, 0.29) is 0 Å². The van der Waals surface area contributed by atoms with Gasteiger partial charge in [0.15, 0.2) is 5.58 Å². The summed E-state index contributed by atoms with van der Waals surface area (Å²) >= 11 is 2.41. The van der Waals surface area contributed by atoms with Gasteiger partial charge in [0, 0.05) is 10.8 Å². The van der Waals surface area contributed by atoms with Crippen molar-refractivity contribution in [1.29, 1.82) is 0 Å². The molecule has 1 aliphatic rings. The van der Waals surface area contributed by atoms with Crippen molar-refractivity contribution in [3.63, 3.8) is 0 Å². The maximum absolute atomic E-state index is 6.63. The number of aryl methyl sites for hydroxylation is 2. The number of hydrogen-bond donors (Lipinski definition) is 0. The molecule has 0 amide bonds. The molecular weight excluding hydrogens is 469 g/mol. The Morgan fingerprint density at radius 2 is 1.55 bits per heavy atom. The number of rotatable bonds is 3. The molecule has 0 bridgehead atoms. The second kappa shape index (κ2) is 7.67. The lowest BCUT2D eigenvalue weighted by Gasteiger charge is -2.22. The SMILES string of the molecule is Cc1ccc(N(I)c2cccc3c2oc2c(C4CCCCC4)cccc23)c(C)c1. The molecule has 0 saturated heterocycles. The van der Waals surface area contributed by atoms with Gasteiger partial charge in [0.05, 0.1) is 34.2 Å². The zero-order valence-electron chi connectivity index (χ0n) is 17.0. The molecule has 1 saturated carbocycles. The molecule has 148 valence electrons. The fraction of sp³-hybridized carbons (Fsp3) is 0.308. The molecule has 3 heteroatoms. The van der Waals surface area contributed by atoms with Gasteiger partial charge in [-0.25, -0.2) is 0 Å². The summed E-state index contributed by atoms with van der Waals surface area (Å²) in [5, 5.41) is 2.46. The van der Waals surface area contributed by atoms with Crippen LogP contribution in [-0.4, -0.2) is 0 Å². The van der Waals surface area contributed by atoms with Gasteiger partial charge in [-0.1, -0.05) is 67.3 Å². The molecule has 5 rings (SSSR count). The van der Waals surface area contributed by atoms with E-state index in [1.54, 1.807) is 0 Å². The van der Waals surface area contributed by atoms with E-state index in [1.807, 2.05) is 0 Å². The minimum atomic E-state index is 0.631. The van der Waals surface area contributed by atoms with Gasteiger partial charge in [-0.3, -0.25) is 3.11 Å². The van der Waals surface area contributed by atoms with Crippen LogP contribution in [0.4, 0.5) is 11.4 Å². The lowest BCUT2D eigenvalue weighted by molar-refractivity contribution is 0.442. The Hall–Kier alpha value is -2.01. The van der Waals surface area contributed by atoms with E-state index in [2.05, 4.69) is 94.4 Å². The Kier molecular flexibility index (Phi) is 5.02. The molecule has 4 aromatic rings. The van der Waals surface area contributed by atoms with E-state index in [9.17, 15) is 0 Å². The van der Waals surface area contributed by atoms with Gasteiger partial charge in [0.2, 0.25) is 0 Å². The van der Waals surface area contributed by atoms with Crippen LogP contribution in [0, 0.1) is 13.8 Å². The lowest BCUT2D eigenvalue weighted by atomic mass is 9.83. The number of anilines is 2. The number of nitrogens with zero attached hydrogens (tertiary/aromatic N) is 1. The second-order valence-electron chi connectivity index (χ2n) is 8.39. The number of furan rings is 1. The van der Waals surface area contributed by atoms with E-state index in [4.69, 9.17) is 4.42 Å². The zero-order valence-corrected chi connectivity index (χ0v) is 19.2. The topological polar surface area (TPSA) is 16.4 Å². The average molecular weight is 495 g/mol. The second-order valence-corrected chi connectivity index (χ2v) is 9.35. The van der Waals surface area contributed by atoms with E-state index >= 15 is 0 Å². The van der Waals surface area contributed by atoms with E-state index in [0.717, 1.165) is 16.9 Å². The summed E-state index contributed by atoms with van der Waals surface area (Å²) in [6, 6.07) is 19.8. The number of benzene rings is 3. The Morgan fingerprint density at radius 1 is 0.828 bits per heavy atom. The normalized spacial score (nSPS) is 15.3. The number of para-hydroxylation sites is 2. The zero-order chi connectivity index (χ0) is 20.0. The minimum Gasteiger partial charge on any atom is -0.454 e. The van der Waals surface area contributed by atoms with Crippen molar-refractivity contribution in [2.75, 3.05) is 3.11 Å². The van der Waals surface area contributed by atoms with Gasteiger partial charge in [-0.15, -0.1) is 0 Å². The predicted octanol–water partition coefficient (Wildman–Crippen LogP) is 8.74. The molecule has 0 spiro atoms. The van der Waals surface area contributed by atoms with Crippen LogP contribution in [0.1, 0.15) is 54.7 Å². The molecule has 29 heavy (non-hydrogen) atoms. The molecule has 2 nitrogen and oxygen atoms in total. The molecule has 1 aromatic heterocycles. The number of halogens is 1. The van der Waals surface area contributed by atoms with Crippen molar-refractivity contribution in [3.05, 3.63) is 71.3 Å². The highest BCUT2D eigenvalue weighted by Crippen LogP contribution is 2.44. The van der Waals surface area contributed by atoms with Crippen molar-refractivity contribution in [2.24, 2.45) is 0 Å². The fourth-order valence-corrected chi connectivity index (χ4v) is 5.79. The van der Waals surface area contributed by atoms with Crippen LogP contribution in [-0.2, 0) is 0 Å². The van der Waals surface area contributed by atoms with E-state index in [0.29, 0.717) is 5.92 Å². The molecule has 0 aliphatic heterocycles. The largest absolute Gasteiger partial charge is 0.454 e. The summed E-state index contributed by atoms with van der Waals surface area (Å²) in [6.07, 6.45) is 6.60. The van der Waals surface area contributed by atoms with Crippen molar-refractivity contribution >= 4 is 56.2 Å².